The molecule has 1 atom stereocenters. The monoisotopic (exact) mass is 308 g/mol. The first kappa shape index (κ1) is 14.6. The second kappa shape index (κ2) is 6.19. The van der Waals surface area contributed by atoms with E-state index in [0.29, 0.717) is 24.3 Å². The summed E-state index contributed by atoms with van der Waals surface area (Å²) in [4.78, 5) is 31.0. The first-order valence-electron chi connectivity index (χ1n) is 7.41. The zero-order chi connectivity index (χ0) is 14.8. The highest BCUT2D eigenvalue weighted by atomic mass is 32.2. The molecule has 0 aromatic carbocycles. The Morgan fingerprint density at radius 3 is 2.95 bits per heavy atom. The molecule has 2 aliphatic heterocycles. The van der Waals surface area contributed by atoms with E-state index < -0.39 is 0 Å². The zero-order valence-corrected chi connectivity index (χ0v) is 13.0. The maximum absolute atomic E-state index is 12.2. The lowest BCUT2D eigenvalue weighted by Gasteiger charge is -2.23. The van der Waals surface area contributed by atoms with Gasteiger partial charge in [0.05, 0.1) is 0 Å². The molecule has 0 saturated carbocycles. The molecule has 0 radical (unpaired) electrons. The lowest BCUT2D eigenvalue weighted by atomic mass is 10.2. The molecule has 0 unspecified atom stereocenters. The van der Waals surface area contributed by atoms with E-state index in [0.717, 1.165) is 18.8 Å². The molecule has 1 amide bonds. The number of thioether (sulfide) groups is 1. The Labute approximate surface area is 127 Å². The minimum atomic E-state index is -0.314. The number of likely N-dealkylation sites (tertiary alicyclic amines) is 1. The number of hydrogen-bond donors (Lipinski definition) is 1. The molecule has 3 heterocycles. The van der Waals surface area contributed by atoms with Crippen LogP contribution >= 0.6 is 11.8 Å². The lowest BCUT2D eigenvalue weighted by molar-refractivity contribution is 0.0937. The summed E-state index contributed by atoms with van der Waals surface area (Å²) in [5.41, 5.74) is -0.0776. The highest BCUT2D eigenvalue weighted by molar-refractivity contribution is 7.99. The third kappa shape index (κ3) is 2.98. The number of carbonyl (C=O) groups excluding carboxylic acids is 1. The molecule has 6 nitrogen and oxygen atoms in total. The highest BCUT2D eigenvalue weighted by Gasteiger charge is 2.22. The number of fused-ring (bicyclic) bond motifs is 1. The van der Waals surface area contributed by atoms with Crippen LogP contribution in [0.15, 0.2) is 16.1 Å². The number of rotatable bonds is 4. The molecule has 2 aliphatic rings. The summed E-state index contributed by atoms with van der Waals surface area (Å²) >= 11 is 1.55. The molecule has 1 N–H and O–H groups in total. The predicted octanol–water partition coefficient (Wildman–Crippen LogP) is 0.563. The van der Waals surface area contributed by atoms with Crippen LogP contribution in [0.5, 0.6) is 0 Å². The maximum atomic E-state index is 12.2. The second-order valence-electron chi connectivity index (χ2n) is 5.56. The van der Waals surface area contributed by atoms with E-state index in [4.69, 9.17) is 0 Å². The third-order valence-electron chi connectivity index (χ3n) is 4.12. The molecule has 1 aromatic rings. The Hall–Kier alpha value is -1.34. The summed E-state index contributed by atoms with van der Waals surface area (Å²) in [6.45, 7) is 5.50. The van der Waals surface area contributed by atoms with Gasteiger partial charge in [-0.1, -0.05) is 11.8 Å². The van der Waals surface area contributed by atoms with Gasteiger partial charge in [0.15, 0.2) is 5.16 Å². The molecule has 1 saturated heterocycles. The van der Waals surface area contributed by atoms with Gasteiger partial charge in [-0.2, -0.15) is 0 Å². The molecule has 0 bridgehead atoms. The van der Waals surface area contributed by atoms with Crippen molar-refractivity contribution in [2.45, 2.75) is 37.5 Å². The van der Waals surface area contributed by atoms with Crippen LogP contribution in [0.4, 0.5) is 0 Å². The molecule has 1 fully saturated rings. The van der Waals surface area contributed by atoms with E-state index in [1.54, 1.807) is 16.3 Å². The topological polar surface area (TPSA) is 67.2 Å². The van der Waals surface area contributed by atoms with Gasteiger partial charge in [0.1, 0.15) is 5.56 Å². The Kier molecular flexibility index (Phi) is 4.30. The van der Waals surface area contributed by atoms with E-state index in [2.05, 4.69) is 22.1 Å². The fraction of sp³-hybridized carbons (Fsp3) is 0.643. The average Bonchev–Trinajstić information content (AvgIpc) is 3.15. The van der Waals surface area contributed by atoms with Crippen LogP contribution in [0.2, 0.25) is 0 Å². The Morgan fingerprint density at radius 2 is 2.19 bits per heavy atom. The average molecular weight is 308 g/mol. The van der Waals surface area contributed by atoms with Gasteiger partial charge in [-0.3, -0.25) is 19.1 Å². The van der Waals surface area contributed by atoms with Crippen molar-refractivity contribution in [2.75, 3.05) is 25.4 Å². The third-order valence-corrected chi connectivity index (χ3v) is 5.09. The maximum Gasteiger partial charge on any atom is 0.267 e. The van der Waals surface area contributed by atoms with Gasteiger partial charge in [0, 0.05) is 31.1 Å². The van der Waals surface area contributed by atoms with Gasteiger partial charge in [0.25, 0.3) is 11.5 Å². The summed E-state index contributed by atoms with van der Waals surface area (Å²) in [6.07, 6.45) is 3.86. The van der Waals surface area contributed by atoms with E-state index in [1.807, 2.05) is 0 Å². The van der Waals surface area contributed by atoms with Gasteiger partial charge in [0.2, 0.25) is 0 Å². The van der Waals surface area contributed by atoms with Crippen LogP contribution in [0.3, 0.4) is 0 Å². The van der Waals surface area contributed by atoms with Crippen LogP contribution in [0, 0.1) is 0 Å². The molecule has 1 aromatic heterocycles. The van der Waals surface area contributed by atoms with Gasteiger partial charge in [-0.25, -0.2) is 4.98 Å². The fourth-order valence-electron chi connectivity index (χ4n) is 2.82. The predicted molar refractivity (Wildman–Crippen MR) is 81.8 cm³/mol. The number of hydrogen-bond acceptors (Lipinski definition) is 5. The minimum absolute atomic E-state index is 0.148. The SMILES string of the molecule is C[C@@H](CNC(=O)c1cnc2n(c1=O)CCS2)N1CCCC1. The van der Waals surface area contributed by atoms with Crippen LogP contribution in [0.1, 0.15) is 30.1 Å². The normalized spacial score (nSPS) is 19.5. The van der Waals surface area contributed by atoms with Crippen molar-refractivity contribution in [3.8, 4) is 0 Å². The first-order chi connectivity index (χ1) is 10.2. The summed E-state index contributed by atoms with van der Waals surface area (Å²) in [7, 11) is 0. The molecular weight excluding hydrogens is 288 g/mol. The molecule has 7 heteroatoms. The van der Waals surface area contributed by atoms with Crippen LogP contribution in [-0.4, -0.2) is 51.8 Å². The zero-order valence-electron chi connectivity index (χ0n) is 12.2. The van der Waals surface area contributed by atoms with Gasteiger partial charge in [-0.05, 0) is 32.9 Å². The summed E-state index contributed by atoms with van der Waals surface area (Å²) in [5, 5.41) is 3.58. The molecule has 0 aliphatic carbocycles. The quantitative estimate of drug-likeness (QED) is 0.824. The van der Waals surface area contributed by atoms with E-state index in [1.165, 1.54) is 19.0 Å². The van der Waals surface area contributed by atoms with E-state index in [9.17, 15) is 9.59 Å². The molecular formula is C14H20N4O2S. The molecule has 3 rings (SSSR count). The minimum Gasteiger partial charge on any atom is -0.350 e. The van der Waals surface area contributed by atoms with Crippen LogP contribution in [0.25, 0.3) is 0 Å². The standard InChI is InChI=1S/C14H20N4O2S/c1-10(17-4-2-3-5-17)8-15-12(19)11-9-16-14-18(13(11)20)6-7-21-14/h9-10H,2-8H2,1H3,(H,15,19)/t10-/m0/s1. The number of nitrogens with one attached hydrogen (secondary N) is 1. The van der Waals surface area contributed by atoms with Gasteiger partial charge in [-0.15, -0.1) is 0 Å². The Morgan fingerprint density at radius 1 is 1.43 bits per heavy atom. The van der Waals surface area contributed by atoms with Crippen molar-refractivity contribution in [1.29, 1.82) is 0 Å². The summed E-state index contributed by atoms with van der Waals surface area (Å²) in [5.74, 6) is 0.532. The fourth-order valence-corrected chi connectivity index (χ4v) is 3.73. The van der Waals surface area contributed by atoms with Crippen LogP contribution < -0.4 is 10.9 Å². The largest absolute Gasteiger partial charge is 0.350 e. The number of nitrogens with zero attached hydrogens (tertiary/aromatic N) is 3. The smallest absolute Gasteiger partial charge is 0.267 e. The molecule has 114 valence electrons. The Balaban J connectivity index is 1.64. The van der Waals surface area contributed by atoms with Crippen molar-refractivity contribution in [3.05, 3.63) is 22.1 Å². The highest BCUT2D eigenvalue weighted by Crippen LogP contribution is 2.20. The Bertz CT molecular complexity index is 595. The number of aromatic nitrogens is 2. The molecule has 21 heavy (non-hydrogen) atoms. The molecule has 0 spiro atoms. The first-order valence-corrected chi connectivity index (χ1v) is 8.40. The summed E-state index contributed by atoms with van der Waals surface area (Å²) < 4.78 is 1.59. The summed E-state index contributed by atoms with van der Waals surface area (Å²) in [6, 6.07) is 0.303. The van der Waals surface area contributed by atoms with Crippen molar-refractivity contribution < 1.29 is 4.79 Å². The van der Waals surface area contributed by atoms with E-state index >= 15 is 0 Å². The van der Waals surface area contributed by atoms with E-state index in [-0.39, 0.29) is 17.0 Å². The van der Waals surface area contributed by atoms with Gasteiger partial charge >= 0.3 is 0 Å². The van der Waals surface area contributed by atoms with Crippen molar-refractivity contribution in [1.82, 2.24) is 19.8 Å². The van der Waals surface area contributed by atoms with Gasteiger partial charge < -0.3 is 5.32 Å². The number of amides is 1. The van der Waals surface area contributed by atoms with Crippen molar-refractivity contribution in [2.24, 2.45) is 0 Å². The van der Waals surface area contributed by atoms with Crippen molar-refractivity contribution >= 4 is 17.7 Å². The lowest BCUT2D eigenvalue weighted by Crippen LogP contribution is -2.42. The van der Waals surface area contributed by atoms with Crippen molar-refractivity contribution in [3.63, 3.8) is 0 Å². The van der Waals surface area contributed by atoms with Crippen LogP contribution in [-0.2, 0) is 6.54 Å². The number of carbonyl (C=O) groups is 1. The second-order valence-corrected chi connectivity index (χ2v) is 6.62.